The fourth-order valence-electron chi connectivity index (χ4n) is 1.58. The third kappa shape index (κ3) is 4.38. The van der Waals surface area contributed by atoms with Crippen LogP contribution in [0.25, 0.3) is 0 Å². The first-order valence-electron chi connectivity index (χ1n) is 6.17. The fraction of sp³-hybridized carbons (Fsp3) is 0.357. The van der Waals surface area contributed by atoms with Crippen LogP contribution in [0.15, 0.2) is 24.3 Å². The van der Waals surface area contributed by atoms with Crippen molar-refractivity contribution in [1.29, 1.82) is 0 Å². The molecule has 0 aliphatic heterocycles. The number of carbonyl (C=O) groups excluding carboxylic acids is 2. The summed E-state index contributed by atoms with van der Waals surface area (Å²) < 4.78 is 0. The summed E-state index contributed by atoms with van der Waals surface area (Å²) in [4.78, 5) is 35.0. The summed E-state index contributed by atoms with van der Waals surface area (Å²) in [6.45, 7) is 3.12. The van der Waals surface area contributed by atoms with E-state index in [1.54, 1.807) is 24.3 Å². The predicted octanol–water partition coefficient (Wildman–Crippen LogP) is 2.07. The van der Waals surface area contributed by atoms with Crippen LogP contribution in [-0.2, 0) is 4.79 Å². The maximum Gasteiger partial charge on any atom is 0.321 e. The Morgan fingerprint density at radius 3 is 2.25 bits per heavy atom. The Morgan fingerprint density at radius 1 is 1.25 bits per heavy atom. The summed E-state index contributed by atoms with van der Waals surface area (Å²) >= 11 is 0. The van der Waals surface area contributed by atoms with E-state index >= 15 is 0 Å². The second-order valence-electron chi connectivity index (χ2n) is 4.68. The van der Waals surface area contributed by atoms with Gasteiger partial charge >= 0.3 is 12.0 Å². The molecule has 0 aliphatic rings. The minimum atomic E-state index is -0.949. The van der Waals surface area contributed by atoms with Crippen LogP contribution < -0.4 is 5.32 Å². The number of urea groups is 1. The summed E-state index contributed by atoms with van der Waals surface area (Å²) in [7, 11) is 1.53. The highest BCUT2D eigenvalue weighted by molar-refractivity contribution is 5.95. The van der Waals surface area contributed by atoms with Gasteiger partial charge in [0.25, 0.3) is 0 Å². The van der Waals surface area contributed by atoms with Gasteiger partial charge in [-0.3, -0.25) is 9.59 Å². The lowest BCUT2D eigenvalue weighted by Gasteiger charge is -2.20. The largest absolute Gasteiger partial charge is 0.481 e. The lowest BCUT2D eigenvalue weighted by molar-refractivity contribution is -0.141. The third-order valence-corrected chi connectivity index (χ3v) is 2.86. The van der Waals surface area contributed by atoms with Crippen LogP contribution in [-0.4, -0.2) is 41.4 Å². The SMILES string of the molecule is CC(=O)c1ccc(NC(=O)N(C)CC(C)C(=O)O)cc1. The summed E-state index contributed by atoms with van der Waals surface area (Å²) in [5.41, 5.74) is 1.12. The zero-order chi connectivity index (χ0) is 15.3. The highest BCUT2D eigenvalue weighted by Gasteiger charge is 2.17. The van der Waals surface area contributed by atoms with Crippen LogP contribution in [0.3, 0.4) is 0 Å². The Kier molecular flexibility index (Phi) is 5.25. The predicted molar refractivity (Wildman–Crippen MR) is 74.9 cm³/mol. The van der Waals surface area contributed by atoms with Gasteiger partial charge in [0, 0.05) is 24.8 Å². The number of carboxylic acid groups (broad SMARTS) is 1. The van der Waals surface area contributed by atoms with E-state index in [1.165, 1.54) is 25.8 Å². The van der Waals surface area contributed by atoms with E-state index in [-0.39, 0.29) is 12.3 Å². The molecule has 0 saturated carbocycles. The summed E-state index contributed by atoms with van der Waals surface area (Å²) in [5, 5.41) is 11.4. The van der Waals surface area contributed by atoms with Gasteiger partial charge in [-0.05, 0) is 31.2 Å². The van der Waals surface area contributed by atoms with Crippen LogP contribution in [0.4, 0.5) is 10.5 Å². The van der Waals surface area contributed by atoms with Crippen molar-refractivity contribution in [3.05, 3.63) is 29.8 Å². The molecule has 108 valence electrons. The molecule has 6 nitrogen and oxygen atoms in total. The van der Waals surface area contributed by atoms with Gasteiger partial charge in [0.05, 0.1) is 5.92 Å². The number of carboxylic acids is 1. The third-order valence-electron chi connectivity index (χ3n) is 2.86. The number of nitrogens with zero attached hydrogens (tertiary/aromatic N) is 1. The van der Waals surface area contributed by atoms with Crippen LogP contribution >= 0.6 is 0 Å². The number of benzene rings is 1. The molecule has 1 aromatic rings. The van der Waals surface area contributed by atoms with E-state index in [9.17, 15) is 14.4 Å². The van der Waals surface area contributed by atoms with E-state index in [0.29, 0.717) is 11.3 Å². The molecule has 1 aromatic carbocycles. The van der Waals surface area contributed by atoms with Crippen molar-refractivity contribution in [3.63, 3.8) is 0 Å². The molecule has 2 N–H and O–H groups in total. The van der Waals surface area contributed by atoms with E-state index in [4.69, 9.17) is 5.11 Å². The van der Waals surface area contributed by atoms with Gasteiger partial charge in [-0.15, -0.1) is 0 Å². The van der Waals surface area contributed by atoms with Gasteiger partial charge in [-0.25, -0.2) is 4.79 Å². The average Bonchev–Trinajstić information content (AvgIpc) is 2.38. The number of anilines is 1. The highest BCUT2D eigenvalue weighted by atomic mass is 16.4. The number of nitrogens with one attached hydrogen (secondary N) is 1. The molecule has 0 aromatic heterocycles. The number of carbonyl (C=O) groups is 3. The number of aliphatic carboxylic acids is 1. The number of ketones is 1. The first kappa shape index (κ1) is 15.7. The number of amides is 2. The van der Waals surface area contributed by atoms with Gasteiger partial charge in [0.1, 0.15) is 0 Å². The van der Waals surface area contributed by atoms with Crippen LogP contribution in [0.5, 0.6) is 0 Å². The Morgan fingerprint density at radius 2 is 1.80 bits per heavy atom. The second-order valence-corrected chi connectivity index (χ2v) is 4.68. The molecule has 0 bridgehead atoms. The molecular weight excluding hydrogens is 260 g/mol. The summed E-state index contributed by atoms with van der Waals surface area (Å²) in [6.07, 6.45) is 0. The Hall–Kier alpha value is -2.37. The molecule has 0 heterocycles. The van der Waals surface area contributed by atoms with Gasteiger partial charge < -0.3 is 15.3 Å². The molecule has 0 radical (unpaired) electrons. The first-order valence-corrected chi connectivity index (χ1v) is 6.17. The smallest absolute Gasteiger partial charge is 0.321 e. The quantitative estimate of drug-likeness (QED) is 0.807. The van der Waals surface area contributed by atoms with Gasteiger partial charge in [0.2, 0.25) is 0 Å². The fourth-order valence-corrected chi connectivity index (χ4v) is 1.58. The van der Waals surface area contributed by atoms with Crippen LogP contribution in [0, 0.1) is 5.92 Å². The maximum atomic E-state index is 11.8. The molecule has 6 heteroatoms. The van der Waals surface area contributed by atoms with E-state index in [1.807, 2.05) is 0 Å². The Bertz CT molecular complexity index is 510. The lowest BCUT2D eigenvalue weighted by atomic mass is 10.1. The zero-order valence-corrected chi connectivity index (χ0v) is 11.7. The molecule has 0 fully saturated rings. The first-order chi connectivity index (χ1) is 9.31. The second kappa shape index (κ2) is 6.70. The summed E-state index contributed by atoms with van der Waals surface area (Å²) in [5.74, 6) is -1.63. The number of hydrogen-bond acceptors (Lipinski definition) is 3. The van der Waals surface area contributed by atoms with E-state index in [0.717, 1.165) is 0 Å². The molecule has 1 unspecified atom stereocenters. The minimum absolute atomic E-state index is 0.0460. The standard InChI is InChI=1S/C14H18N2O4/c1-9(13(18)19)8-16(3)14(20)15-12-6-4-11(5-7-12)10(2)17/h4-7,9H,8H2,1-3H3,(H,15,20)(H,18,19). The highest BCUT2D eigenvalue weighted by Crippen LogP contribution is 2.11. The molecule has 1 atom stereocenters. The van der Waals surface area contributed by atoms with Crippen molar-refractivity contribution in [3.8, 4) is 0 Å². The molecule has 0 aliphatic carbocycles. The molecular formula is C14H18N2O4. The van der Waals surface area contributed by atoms with Crippen molar-refractivity contribution >= 4 is 23.5 Å². The molecule has 20 heavy (non-hydrogen) atoms. The number of Topliss-reactive ketones (excluding diaryl/α,β-unsaturated/α-hetero) is 1. The molecule has 0 spiro atoms. The van der Waals surface area contributed by atoms with Crippen molar-refractivity contribution < 1.29 is 19.5 Å². The van der Waals surface area contributed by atoms with Gasteiger partial charge in [-0.2, -0.15) is 0 Å². The Balaban J connectivity index is 2.61. The Labute approximate surface area is 117 Å². The number of hydrogen-bond donors (Lipinski definition) is 2. The van der Waals surface area contributed by atoms with Crippen molar-refractivity contribution in [1.82, 2.24) is 4.90 Å². The maximum absolute atomic E-state index is 11.8. The van der Waals surface area contributed by atoms with Gasteiger partial charge in [0.15, 0.2) is 5.78 Å². The zero-order valence-electron chi connectivity index (χ0n) is 11.7. The van der Waals surface area contributed by atoms with Crippen LogP contribution in [0.2, 0.25) is 0 Å². The topological polar surface area (TPSA) is 86.7 Å². The van der Waals surface area contributed by atoms with Crippen molar-refractivity contribution in [2.24, 2.45) is 5.92 Å². The lowest BCUT2D eigenvalue weighted by Crippen LogP contribution is -2.36. The average molecular weight is 278 g/mol. The van der Waals surface area contributed by atoms with Crippen molar-refractivity contribution in [2.75, 3.05) is 18.9 Å². The van der Waals surface area contributed by atoms with E-state index < -0.39 is 17.9 Å². The summed E-state index contributed by atoms with van der Waals surface area (Å²) in [6, 6.07) is 6.11. The number of rotatable bonds is 5. The minimum Gasteiger partial charge on any atom is -0.481 e. The van der Waals surface area contributed by atoms with E-state index in [2.05, 4.69) is 5.32 Å². The van der Waals surface area contributed by atoms with Gasteiger partial charge in [-0.1, -0.05) is 6.92 Å². The molecule has 2 amide bonds. The monoisotopic (exact) mass is 278 g/mol. The molecule has 0 saturated heterocycles. The molecule has 1 rings (SSSR count). The van der Waals surface area contributed by atoms with Crippen LogP contribution in [0.1, 0.15) is 24.2 Å². The van der Waals surface area contributed by atoms with Crippen molar-refractivity contribution in [2.45, 2.75) is 13.8 Å². The normalized spacial score (nSPS) is 11.6.